The van der Waals surface area contributed by atoms with Crippen molar-refractivity contribution >= 4 is 0 Å². The maximum Gasteiger partial charge on any atom is 0.0590 e. The van der Waals surface area contributed by atoms with Crippen LogP contribution in [0.3, 0.4) is 0 Å². The van der Waals surface area contributed by atoms with Crippen molar-refractivity contribution in [2.24, 2.45) is 0 Å². The number of methoxy groups -OCH3 is 2. The van der Waals surface area contributed by atoms with Crippen LogP contribution in [0.1, 0.15) is 12.8 Å². The van der Waals surface area contributed by atoms with E-state index in [0.717, 1.165) is 52.4 Å². The molecule has 0 rings (SSSR count). The Balaban J connectivity index is 2.78. The minimum Gasteiger partial charge on any atom is -0.385 e. The summed E-state index contributed by atoms with van der Waals surface area (Å²) in [6, 6.07) is 0. The summed E-state index contributed by atoms with van der Waals surface area (Å²) >= 11 is 0. The molecular weight excluding hydrogens is 182 g/mol. The quantitative estimate of drug-likeness (QED) is 0.503. The monoisotopic (exact) mass is 205 g/mol. The lowest BCUT2D eigenvalue weighted by molar-refractivity contribution is 0.104. The third kappa shape index (κ3) is 11.8. The molecular formula is C10H23NO3. The number of ether oxygens (including phenoxy) is 3. The molecule has 0 amide bonds. The van der Waals surface area contributed by atoms with Crippen LogP contribution in [0.25, 0.3) is 0 Å². The number of rotatable bonds is 11. The fourth-order valence-corrected chi connectivity index (χ4v) is 1.02. The van der Waals surface area contributed by atoms with Gasteiger partial charge < -0.3 is 19.5 Å². The Kier molecular flexibility index (Phi) is 12.7. The molecule has 0 fully saturated rings. The second kappa shape index (κ2) is 12.8. The van der Waals surface area contributed by atoms with Crippen LogP contribution in [0.15, 0.2) is 0 Å². The summed E-state index contributed by atoms with van der Waals surface area (Å²) in [7, 11) is 3.43. The van der Waals surface area contributed by atoms with Gasteiger partial charge in [0.15, 0.2) is 0 Å². The van der Waals surface area contributed by atoms with Crippen LogP contribution in [0.4, 0.5) is 0 Å². The molecule has 0 aliphatic carbocycles. The molecule has 0 aliphatic heterocycles. The Morgan fingerprint density at radius 2 is 1.50 bits per heavy atom. The lowest BCUT2D eigenvalue weighted by Crippen LogP contribution is -2.22. The van der Waals surface area contributed by atoms with Crippen molar-refractivity contribution in [3.05, 3.63) is 0 Å². The van der Waals surface area contributed by atoms with Crippen molar-refractivity contribution < 1.29 is 14.2 Å². The molecule has 0 unspecified atom stereocenters. The Morgan fingerprint density at radius 3 is 2.21 bits per heavy atom. The predicted octanol–water partition coefficient (Wildman–Crippen LogP) is 0.666. The van der Waals surface area contributed by atoms with E-state index in [-0.39, 0.29) is 0 Å². The zero-order chi connectivity index (χ0) is 10.5. The van der Waals surface area contributed by atoms with Crippen LogP contribution in [0.2, 0.25) is 0 Å². The van der Waals surface area contributed by atoms with Gasteiger partial charge in [0.25, 0.3) is 0 Å². The highest BCUT2D eigenvalue weighted by Gasteiger charge is 1.89. The number of nitrogens with one attached hydrogen (secondary N) is 1. The fourth-order valence-electron chi connectivity index (χ4n) is 1.02. The van der Waals surface area contributed by atoms with Crippen LogP contribution >= 0.6 is 0 Å². The highest BCUT2D eigenvalue weighted by Crippen LogP contribution is 1.83. The predicted molar refractivity (Wildman–Crippen MR) is 56.7 cm³/mol. The van der Waals surface area contributed by atoms with Gasteiger partial charge in [-0.25, -0.2) is 0 Å². The summed E-state index contributed by atoms with van der Waals surface area (Å²) in [6.07, 6.45) is 2.03. The van der Waals surface area contributed by atoms with E-state index in [1.165, 1.54) is 0 Å². The van der Waals surface area contributed by atoms with Crippen molar-refractivity contribution in [3.63, 3.8) is 0 Å². The molecule has 0 saturated heterocycles. The van der Waals surface area contributed by atoms with Gasteiger partial charge in [-0.3, -0.25) is 0 Å². The maximum atomic E-state index is 5.37. The van der Waals surface area contributed by atoms with E-state index in [9.17, 15) is 0 Å². The molecule has 0 atom stereocenters. The minimum atomic E-state index is 0.775. The van der Waals surface area contributed by atoms with Crippen molar-refractivity contribution in [2.75, 3.05) is 53.7 Å². The van der Waals surface area contributed by atoms with Gasteiger partial charge in [-0.1, -0.05) is 0 Å². The first-order chi connectivity index (χ1) is 6.91. The maximum absolute atomic E-state index is 5.37. The second-order valence-electron chi connectivity index (χ2n) is 3.06. The highest BCUT2D eigenvalue weighted by molar-refractivity contribution is 4.46. The van der Waals surface area contributed by atoms with Gasteiger partial charge in [0, 0.05) is 40.6 Å². The van der Waals surface area contributed by atoms with E-state index in [1.54, 1.807) is 14.2 Å². The molecule has 4 nitrogen and oxygen atoms in total. The first kappa shape index (κ1) is 13.8. The van der Waals surface area contributed by atoms with Gasteiger partial charge in [-0.15, -0.1) is 0 Å². The van der Waals surface area contributed by atoms with Crippen molar-refractivity contribution in [3.8, 4) is 0 Å². The standard InChI is InChI=1S/C10H23NO3/c1-12-7-3-5-11-6-10-14-9-4-8-13-2/h11H,3-10H2,1-2H3. The summed E-state index contributed by atoms with van der Waals surface area (Å²) in [4.78, 5) is 0. The summed E-state index contributed by atoms with van der Waals surface area (Å²) < 4.78 is 15.2. The van der Waals surface area contributed by atoms with Gasteiger partial charge >= 0.3 is 0 Å². The SMILES string of the molecule is COCCCNCCOCCCOC. The fraction of sp³-hybridized carbons (Fsp3) is 1.00. The number of hydrogen-bond acceptors (Lipinski definition) is 4. The Morgan fingerprint density at radius 1 is 0.786 bits per heavy atom. The lowest BCUT2D eigenvalue weighted by Gasteiger charge is -2.05. The van der Waals surface area contributed by atoms with Gasteiger partial charge in [0.05, 0.1) is 6.61 Å². The molecule has 0 aromatic rings. The topological polar surface area (TPSA) is 39.7 Å². The van der Waals surface area contributed by atoms with Crippen LogP contribution < -0.4 is 5.32 Å². The summed E-state index contributed by atoms with van der Waals surface area (Å²) in [5, 5.41) is 3.27. The second-order valence-corrected chi connectivity index (χ2v) is 3.06. The smallest absolute Gasteiger partial charge is 0.0590 e. The van der Waals surface area contributed by atoms with E-state index in [1.807, 2.05) is 0 Å². The van der Waals surface area contributed by atoms with Crippen molar-refractivity contribution in [2.45, 2.75) is 12.8 Å². The number of hydrogen-bond donors (Lipinski definition) is 1. The van der Waals surface area contributed by atoms with Gasteiger partial charge in [0.1, 0.15) is 0 Å². The first-order valence-corrected chi connectivity index (χ1v) is 5.18. The molecule has 0 aromatic carbocycles. The van der Waals surface area contributed by atoms with Crippen LogP contribution in [0.5, 0.6) is 0 Å². The zero-order valence-corrected chi connectivity index (χ0v) is 9.38. The molecule has 4 heteroatoms. The summed E-state index contributed by atoms with van der Waals surface area (Å²) in [5.74, 6) is 0. The molecule has 0 radical (unpaired) electrons. The third-order valence-corrected chi connectivity index (χ3v) is 1.76. The van der Waals surface area contributed by atoms with E-state index < -0.39 is 0 Å². The van der Waals surface area contributed by atoms with E-state index in [4.69, 9.17) is 14.2 Å². The molecule has 0 heterocycles. The summed E-state index contributed by atoms with van der Waals surface area (Å²) in [5.41, 5.74) is 0. The Bertz CT molecular complexity index is 89.4. The molecule has 0 bridgehead atoms. The lowest BCUT2D eigenvalue weighted by atomic mass is 10.4. The Labute approximate surface area is 86.9 Å². The van der Waals surface area contributed by atoms with Gasteiger partial charge in [-0.05, 0) is 19.4 Å². The minimum absolute atomic E-state index is 0.775. The summed E-state index contributed by atoms with van der Waals surface area (Å²) in [6.45, 7) is 5.07. The van der Waals surface area contributed by atoms with Crippen molar-refractivity contribution in [1.29, 1.82) is 0 Å². The first-order valence-electron chi connectivity index (χ1n) is 5.18. The van der Waals surface area contributed by atoms with E-state index >= 15 is 0 Å². The van der Waals surface area contributed by atoms with Crippen LogP contribution in [-0.4, -0.2) is 53.7 Å². The molecule has 14 heavy (non-hydrogen) atoms. The molecule has 86 valence electrons. The molecule has 0 saturated carbocycles. The highest BCUT2D eigenvalue weighted by atomic mass is 16.5. The van der Waals surface area contributed by atoms with Gasteiger partial charge in [0.2, 0.25) is 0 Å². The Hall–Kier alpha value is -0.160. The largest absolute Gasteiger partial charge is 0.385 e. The van der Waals surface area contributed by atoms with Gasteiger partial charge in [-0.2, -0.15) is 0 Å². The third-order valence-electron chi connectivity index (χ3n) is 1.76. The van der Waals surface area contributed by atoms with E-state index in [0.29, 0.717) is 0 Å². The molecule has 0 aromatic heterocycles. The van der Waals surface area contributed by atoms with Crippen LogP contribution in [0, 0.1) is 0 Å². The molecule has 1 N–H and O–H groups in total. The normalized spacial score (nSPS) is 10.7. The molecule has 0 spiro atoms. The van der Waals surface area contributed by atoms with E-state index in [2.05, 4.69) is 5.32 Å². The van der Waals surface area contributed by atoms with Crippen LogP contribution in [-0.2, 0) is 14.2 Å². The average Bonchev–Trinajstić information content (AvgIpc) is 2.21. The molecule has 0 aliphatic rings. The average molecular weight is 205 g/mol. The van der Waals surface area contributed by atoms with Crippen molar-refractivity contribution in [1.82, 2.24) is 5.32 Å². The zero-order valence-electron chi connectivity index (χ0n) is 9.38.